The molecule has 0 N–H and O–H groups in total. The van der Waals surface area contributed by atoms with Crippen LogP contribution in [0.1, 0.15) is 77.6 Å². The van der Waals surface area contributed by atoms with E-state index in [2.05, 4.69) is 30.9 Å². The smallest absolute Gasteiger partial charge is 0.121 e. The molecule has 0 heterocycles. The van der Waals surface area contributed by atoms with Crippen molar-refractivity contribution in [2.45, 2.75) is 77.6 Å². The lowest BCUT2D eigenvalue weighted by atomic mass is 10.1. The fraction of sp³-hybridized carbons (Fsp3) is 0.632. The Morgan fingerprint density at radius 2 is 1.25 bits per heavy atom. The fourth-order valence-electron chi connectivity index (χ4n) is 2.15. The maximum atomic E-state index is 4.56. The SMILES string of the molecule is [CH2]OC=CC=CC=CCCCCCCCCCCCC. The summed E-state index contributed by atoms with van der Waals surface area (Å²) < 4.78 is 4.56. The molecule has 0 aliphatic heterocycles. The van der Waals surface area contributed by atoms with Crippen LogP contribution in [0.5, 0.6) is 0 Å². The van der Waals surface area contributed by atoms with E-state index in [-0.39, 0.29) is 0 Å². The van der Waals surface area contributed by atoms with Crippen molar-refractivity contribution in [3.05, 3.63) is 43.8 Å². The van der Waals surface area contributed by atoms with E-state index in [0.717, 1.165) is 0 Å². The summed E-state index contributed by atoms with van der Waals surface area (Å²) in [5.41, 5.74) is 0. The molecule has 0 spiro atoms. The normalized spacial score (nSPS) is 12.1. The lowest BCUT2D eigenvalue weighted by Crippen LogP contribution is -1.81. The Balaban J connectivity index is 3.14. The van der Waals surface area contributed by atoms with Gasteiger partial charge in [-0.1, -0.05) is 89.0 Å². The summed E-state index contributed by atoms with van der Waals surface area (Å²) in [6, 6.07) is 0. The van der Waals surface area contributed by atoms with Gasteiger partial charge in [0.2, 0.25) is 0 Å². The predicted octanol–water partition coefficient (Wildman–Crippen LogP) is 6.73. The molecule has 0 aromatic carbocycles. The third-order valence-electron chi connectivity index (χ3n) is 3.37. The van der Waals surface area contributed by atoms with Crippen LogP contribution in [0.4, 0.5) is 0 Å². The molecule has 0 amide bonds. The topological polar surface area (TPSA) is 9.23 Å². The van der Waals surface area contributed by atoms with Crippen molar-refractivity contribution in [2.75, 3.05) is 0 Å². The van der Waals surface area contributed by atoms with Crippen molar-refractivity contribution in [3.8, 4) is 0 Å². The lowest BCUT2D eigenvalue weighted by molar-refractivity contribution is 0.394. The number of hydrogen-bond acceptors (Lipinski definition) is 1. The molecule has 0 unspecified atom stereocenters. The van der Waals surface area contributed by atoms with Crippen molar-refractivity contribution in [3.63, 3.8) is 0 Å². The molecule has 1 radical (unpaired) electrons. The molecule has 0 saturated heterocycles. The molecule has 0 aliphatic carbocycles. The van der Waals surface area contributed by atoms with Crippen molar-refractivity contribution in [1.82, 2.24) is 0 Å². The summed E-state index contributed by atoms with van der Waals surface area (Å²) in [5.74, 6) is 0. The monoisotopic (exact) mass is 277 g/mol. The third-order valence-corrected chi connectivity index (χ3v) is 3.37. The highest BCUT2D eigenvalue weighted by Gasteiger charge is 1.91. The minimum atomic E-state index is 1.19. The van der Waals surface area contributed by atoms with Crippen molar-refractivity contribution < 1.29 is 4.74 Å². The van der Waals surface area contributed by atoms with E-state index < -0.39 is 0 Å². The van der Waals surface area contributed by atoms with Crippen LogP contribution in [0.2, 0.25) is 0 Å². The molecular weight excluding hydrogens is 244 g/mol. The van der Waals surface area contributed by atoms with Gasteiger partial charge in [-0.15, -0.1) is 0 Å². The Labute approximate surface area is 126 Å². The van der Waals surface area contributed by atoms with Gasteiger partial charge in [0.05, 0.1) is 6.26 Å². The quantitative estimate of drug-likeness (QED) is 0.194. The van der Waals surface area contributed by atoms with Gasteiger partial charge in [-0.3, -0.25) is 0 Å². The second-order valence-corrected chi connectivity index (χ2v) is 5.28. The van der Waals surface area contributed by atoms with Crippen LogP contribution < -0.4 is 0 Å². The standard InChI is InChI=1S/C19H33O/c1-3-4-5-6-7-8-9-10-11-12-13-14-15-16-17-18-19-20-2/h14-19H,2-13H2,1H3. The maximum Gasteiger partial charge on any atom is 0.121 e. The van der Waals surface area contributed by atoms with Crippen LogP contribution >= 0.6 is 0 Å². The number of unbranched alkanes of at least 4 members (excludes halogenated alkanes) is 10. The number of rotatable bonds is 14. The molecule has 0 aromatic rings. The van der Waals surface area contributed by atoms with Crippen LogP contribution in [0.25, 0.3) is 0 Å². The van der Waals surface area contributed by atoms with Crippen LogP contribution in [0, 0.1) is 7.11 Å². The molecule has 1 heteroatoms. The predicted molar refractivity (Wildman–Crippen MR) is 90.3 cm³/mol. The highest BCUT2D eigenvalue weighted by molar-refractivity contribution is 5.09. The Hall–Kier alpha value is -0.980. The first-order valence-corrected chi connectivity index (χ1v) is 8.31. The summed E-state index contributed by atoms with van der Waals surface area (Å²) in [4.78, 5) is 0. The van der Waals surface area contributed by atoms with Crippen LogP contribution in [-0.4, -0.2) is 0 Å². The molecule has 0 aromatic heterocycles. The lowest BCUT2D eigenvalue weighted by Gasteiger charge is -2.01. The summed E-state index contributed by atoms with van der Waals surface area (Å²) in [6.07, 6.45) is 26.9. The first-order chi connectivity index (χ1) is 9.91. The zero-order valence-corrected chi connectivity index (χ0v) is 13.4. The minimum Gasteiger partial charge on any atom is -0.498 e. The maximum absolute atomic E-state index is 4.56. The van der Waals surface area contributed by atoms with Gasteiger partial charge >= 0.3 is 0 Å². The molecule has 115 valence electrons. The molecule has 1 nitrogen and oxygen atoms in total. The zero-order chi connectivity index (χ0) is 14.7. The Morgan fingerprint density at radius 1 is 0.700 bits per heavy atom. The van der Waals surface area contributed by atoms with Gasteiger partial charge in [-0.2, -0.15) is 0 Å². The summed E-state index contributed by atoms with van der Waals surface area (Å²) in [7, 11) is 3.25. The van der Waals surface area contributed by atoms with Crippen molar-refractivity contribution in [2.24, 2.45) is 0 Å². The van der Waals surface area contributed by atoms with E-state index in [1.165, 1.54) is 70.6 Å². The Kier molecular flexibility index (Phi) is 17.1. The number of allylic oxidation sites excluding steroid dienone is 5. The van der Waals surface area contributed by atoms with E-state index >= 15 is 0 Å². The summed E-state index contributed by atoms with van der Waals surface area (Å²) >= 11 is 0. The zero-order valence-electron chi connectivity index (χ0n) is 13.4. The van der Waals surface area contributed by atoms with Gasteiger partial charge in [0.15, 0.2) is 0 Å². The van der Waals surface area contributed by atoms with Gasteiger partial charge in [-0.25, -0.2) is 0 Å². The highest BCUT2D eigenvalue weighted by atomic mass is 16.5. The average Bonchev–Trinajstić information content (AvgIpc) is 2.47. The molecule has 0 rings (SSSR count). The van der Waals surface area contributed by atoms with Gasteiger partial charge < -0.3 is 4.74 Å². The van der Waals surface area contributed by atoms with Gasteiger partial charge in [0, 0.05) is 0 Å². The van der Waals surface area contributed by atoms with E-state index in [0.29, 0.717) is 0 Å². The number of hydrogen-bond donors (Lipinski definition) is 0. The molecule has 0 fully saturated rings. The first-order valence-electron chi connectivity index (χ1n) is 8.31. The molecule has 20 heavy (non-hydrogen) atoms. The van der Waals surface area contributed by atoms with Gasteiger partial charge in [-0.05, 0) is 18.9 Å². The Morgan fingerprint density at radius 3 is 1.85 bits per heavy atom. The number of ether oxygens (including phenoxy) is 1. The molecule has 0 saturated carbocycles. The van der Waals surface area contributed by atoms with E-state index in [9.17, 15) is 0 Å². The molecule has 0 aliphatic rings. The minimum absolute atomic E-state index is 1.19. The highest BCUT2D eigenvalue weighted by Crippen LogP contribution is 2.11. The van der Waals surface area contributed by atoms with E-state index in [1.54, 1.807) is 6.26 Å². The average molecular weight is 277 g/mol. The van der Waals surface area contributed by atoms with Crippen molar-refractivity contribution >= 4 is 0 Å². The summed E-state index contributed by atoms with van der Waals surface area (Å²) in [6.45, 7) is 2.28. The second kappa shape index (κ2) is 18.0. The molecule has 0 atom stereocenters. The molecular formula is C19H33O. The van der Waals surface area contributed by atoms with E-state index in [1.807, 2.05) is 18.2 Å². The largest absolute Gasteiger partial charge is 0.498 e. The van der Waals surface area contributed by atoms with E-state index in [4.69, 9.17) is 0 Å². The fourth-order valence-corrected chi connectivity index (χ4v) is 2.15. The second-order valence-electron chi connectivity index (χ2n) is 5.28. The van der Waals surface area contributed by atoms with Crippen LogP contribution in [0.3, 0.4) is 0 Å². The van der Waals surface area contributed by atoms with Gasteiger partial charge in [0.25, 0.3) is 0 Å². The van der Waals surface area contributed by atoms with Crippen molar-refractivity contribution in [1.29, 1.82) is 0 Å². The van der Waals surface area contributed by atoms with Gasteiger partial charge in [0.1, 0.15) is 7.11 Å². The third kappa shape index (κ3) is 17.0. The summed E-state index contributed by atoms with van der Waals surface area (Å²) in [5, 5.41) is 0. The first kappa shape index (κ1) is 19.0. The molecule has 0 bridgehead atoms. The van der Waals surface area contributed by atoms with Crippen LogP contribution in [0.15, 0.2) is 36.6 Å². The van der Waals surface area contributed by atoms with Crippen LogP contribution in [-0.2, 0) is 4.74 Å². The Bertz CT molecular complexity index is 250.